The third kappa shape index (κ3) is 5.24. The second-order valence-electron chi connectivity index (χ2n) is 7.43. The van der Waals surface area contributed by atoms with Crippen molar-refractivity contribution in [1.29, 1.82) is 0 Å². The molecule has 1 aliphatic carbocycles. The Balaban J connectivity index is 1.54. The average Bonchev–Trinajstić information content (AvgIpc) is 3.19. The van der Waals surface area contributed by atoms with Crippen molar-refractivity contribution in [2.75, 3.05) is 13.2 Å². The summed E-state index contributed by atoms with van der Waals surface area (Å²) in [5.74, 6) is 0.700. The zero-order valence-corrected chi connectivity index (χ0v) is 15.9. The Morgan fingerprint density at radius 2 is 2.19 bits per heavy atom. The van der Waals surface area contributed by atoms with E-state index in [1.807, 2.05) is 0 Å². The van der Waals surface area contributed by atoms with E-state index in [0.29, 0.717) is 24.8 Å². The molecule has 1 aliphatic heterocycles. The summed E-state index contributed by atoms with van der Waals surface area (Å²) >= 11 is 0. The van der Waals surface area contributed by atoms with Crippen molar-refractivity contribution in [1.82, 2.24) is 25.9 Å². The van der Waals surface area contributed by atoms with Crippen LogP contribution in [-0.4, -0.2) is 57.8 Å². The van der Waals surface area contributed by atoms with Crippen molar-refractivity contribution in [3.63, 3.8) is 0 Å². The molecule has 0 spiro atoms. The minimum Gasteiger partial charge on any atom is -0.463 e. The third-order valence-electron chi connectivity index (χ3n) is 5.61. The van der Waals surface area contributed by atoms with Gasteiger partial charge in [-0.25, -0.2) is 4.79 Å². The molecule has 1 aromatic heterocycles. The van der Waals surface area contributed by atoms with Crippen LogP contribution in [0.5, 0.6) is 0 Å². The first kappa shape index (κ1) is 18.3. The van der Waals surface area contributed by atoms with E-state index in [4.69, 9.17) is 10.8 Å². The fourth-order valence-corrected chi connectivity index (χ4v) is 4.11. The number of nitrogens with zero attached hydrogens (tertiary/aromatic N) is 3. The molecule has 5 atom stereocenters. The van der Waals surface area contributed by atoms with Crippen LogP contribution in [0, 0.1) is 17.8 Å². The largest absolute Gasteiger partial charge is 0.463 e. The first-order valence-electron chi connectivity index (χ1n) is 10.3. The van der Waals surface area contributed by atoms with E-state index in [2.05, 4.69) is 25.9 Å². The molecule has 2 heterocycles. The monoisotopic (exact) mass is 380 g/mol. The lowest BCUT2D eigenvalue weighted by Gasteiger charge is -2.42. The van der Waals surface area contributed by atoms with Gasteiger partial charge in [-0.15, -0.1) is 10.2 Å². The molecule has 27 heavy (non-hydrogen) atoms. The number of tetrazole rings is 1. The van der Waals surface area contributed by atoms with Crippen LogP contribution in [0.25, 0.3) is 0 Å². The number of esters is 2. The average molecular weight is 380 g/mol. The van der Waals surface area contributed by atoms with Crippen LogP contribution in [0.2, 0.25) is 0 Å². The molecule has 2 N–H and O–H groups in total. The molecule has 9 nitrogen and oxygen atoms in total. The van der Waals surface area contributed by atoms with Gasteiger partial charge in [0, 0.05) is 6.42 Å². The summed E-state index contributed by atoms with van der Waals surface area (Å²) in [6.07, 6.45) is 4.34. The summed E-state index contributed by atoms with van der Waals surface area (Å²) in [5.41, 5.74) is 0. The Morgan fingerprint density at radius 3 is 2.93 bits per heavy atom. The Labute approximate surface area is 160 Å². The fraction of sp³-hybridized carbons (Fsp3) is 0.833. The number of fused-ring (bicyclic) bond motifs is 1. The van der Waals surface area contributed by atoms with E-state index in [9.17, 15) is 9.59 Å². The highest BCUT2D eigenvalue weighted by Crippen LogP contribution is 2.40. The van der Waals surface area contributed by atoms with Crippen molar-refractivity contribution >= 4 is 11.9 Å². The molecule has 0 unspecified atom stereocenters. The summed E-state index contributed by atoms with van der Waals surface area (Å²) in [4.78, 5) is 24.3. The first-order chi connectivity index (χ1) is 13.4. The van der Waals surface area contributed by atoms with Gasteiger partial charge in [0.05, 0.1) is 7.98 Å². The van der Waals surface area contributed by atoms with Gasteiger partial charge < -0.3 is 14.8 Å². The van der Waals surface area contributed by atoms with Crippen molar-refractivity contribution in [2.45, 2.75) is 64.5 Å². The molecule has 2 fully saturated rings. The Kier molecular flexibility index (Phi) is 6.28. The standard InChI is InChI=1S/C18H29N5O4/c1-3-26-17(24)11(2)27-18(25)15-9-14-8-12(4-6-13(14)10-19-15)5-7-16-20-22-23-21-16/h11-15,19H,3-10H2,1-2H3,(H,20,21,22,23)/t11-,12+,13-,14+,15-/m0/s1/i15D. The lowest BCUT2D eigenvalue weighted by atomic mass is 9.69. The number of ether oxygens (including phenoxy) is 2. The Hall–Kier alpha value is -2.03. The zero-order chi connectivity index (χ0) is 20.1. The molecule has 9 heteroatoms. The molecule has 1 aromatic rings. The van der Waals surface area contributed by atoms with Gasteiger partial charge in [0.1, 0.15) is 6.02 Å². The summed E-state index contributed by atoms with van der Waals surface area (Å²) < 4.78 is 18.7. The van der Waals surface area contributed by atoms with Crippen LogP contribution in [-0.2, 0) is 25.5 Å². The molecule has 3 rings (SSSR count). The van der Waals surface area contributed by atoms with Gasteiger partial charge in [-0.1, -0.05) is 11.6 Å². The predicted octanol–water partition coefficient (Wildman–Crippen LogP) is 1.02. The number of hydrogen-bond donors (Lipinski definition) is 2. The predicted molar refractivity (Wildman–Crippen MR) is 95.4 cm³/mol. The zero-order valence-electron chi connectivity index (χ0n) is 16.9. The van der Waals surface area contributed by atoms with Gasteiger partial charge in [0.25, 0.3) is 0 Å². The number of carbonyl (C=O) groups is 2. The van der Waals surface area contributed by atoms with E-state index in [1.54, 1.807) is 6.92 Å². The van der Waals surface area contributed by atoms with Gasteiger partial charge in [0.2, 0.25) is 0 Å². The molecular formula is C18H29N5O4. The normalized spacial score (nSPS) is 32.1. The maximum Gasteiger partial charge on any atom is 0.347 e. The number of carbonyl (C=O) groups excluding carboxylic acids is 2. The highest BCUT2D eigenvalue weighted by Gasteiger charge is 2.38. The fourth-order valence-electron chi connectivity index (χ4n) is 4.11. The van der Waals surface area contributed by atoms with E-state index in [1.165, 1.54) is 6.92 Å². The van der Waals surface area contributed by atoms with Crippen LogP contribution < -0.4 is 5.32 Å². The highest BCUT2D eigenvalue weighted by atomic mass is 16.6. The van der Waals surface area contributed by atoms with Crippen molar-refractivity contribution < 1.29 is 20.4 Å². The molecule has 1 saturated heterocycles. The Morgan fingerprint density at radius 1 is 1.33 bits per heavy atom. The van der Waals surface area contributed by atoms with E-state index in [-0.39, 0.29) is 12.5 Å². The van der Waals surface area contributed by atoms with Crippen LogP contribution in [0.3, 0.4) is 0 Å². The maximum atomic E-state index is 12.6. The Bertz CT molecular complexity index is 673. The number of H-pyrrole nitrogens is 1. The van der Waals surface area contributed by atoms with Crippen LogP contribution in [0.1, 0.15) is 53.1 Å². The van der Waals surface area contributed by atoms with Crippen LogP contribution in [0.4, 0.5) is 0 Å². The van der Waals surface area contributed by atoms with Gasteiger partial charge in [-0.3, -0.25) is 4.79 Å². The molecule has 0 amide bonds. The summed E-state index contributed by atoms with van der Waals surface area (Å²) in [6.45, 7) is 4.01. The number of hydrogen-bond acceptors (Lipinski definition) is 8. The maximum absolute atomic E-state index is 12.6. The molecule has 0 radical (unpaired) electrons. The third-order valence-corrected chi connectivity index (χ3v) is 5.61. The second kappa shape index (κ2) is 9.25. The number of piperidine rings is 1. The second-order valence-corrected chi connectivity index (χ2v) is 7.43. The number of aryl methyl sites for hydroxylation is 1. The summed E-state index contributed by atoms with van der Waals surface area (Å²) in [7, 11) is 0. The first-order valence-corrected chi connectivity index (χ1v) is 9.76. The van der Waals surface area contributed by atoms with Gasteiger partial charge >= 0.3 is 11.9 Å². The van der Waals surface area contributed by atoms with Gasteiger partial charge in [-0.05, 0) is 63.8 Å². The molecule has 0 aromatic carbocycles. The quantitative estimate of drug-likeness (QED) is 0.673. The topological polar surface area (TPSA) is 119 Å². The van der Waals surface area contributed by atoms with Gasteiger partial charge in [0.15, 0.2) is 11.9 Å². The molecule has 150 valence electrons. The van der Waals surface area contributed by atoms with Crippen molar-refractivity contribution in [3.8, 4) is 0 Å². The SMILES string of the molecule is [2H][C@@]1(C(=O)O[C@@H](C)C(=O)OCC)C[C@H]2C[C@@H](CCc3nn[nH]n3)CC[C@H]2CN1. The minimum absolute atomic E-state index is 0.222. The number of aromatic nitrogens is 4. The number of aromatic amines is 1. The lowest BCUT2D eigenvalue weighted by molar-refractivity contribution is -0.168. The summed E-state index contributed by atoms with van der Waals surface area (Å²) in [5, 5.41) is 17.1. The van der Waals surface area contributed by atoms with E-state index >= 15 is 0 Å². The molecule has 1 saturated carbocycles. The van der Waals surface area contributed by atoms with Crippen LogP contribution in [0.15, 0.2) is 0 Å². The molecule has 2 aliphatic rings. The van der Waals surface area contributed by atoms with Crippen molar-refractivity contribution in [3.05, 3.63) is 5.82 Å². The number of rotatable bonds is 7. The number of nitrogens with one attached hydrogen (secondary N) is 2. The lowest BCUT2D eigenvalue weighted by Crippen LogP contribution is -2.51. The highest BCUT2D eigenvalue weighted by molar-refractivity contribution is 5.81. The van der Waals surface area contributed by atoms with E-state index in [0.717, 1.165) is 37.9 Å². The summed E-state index contributed by atoms with van der Waals surface area (Å²) in [6, 6.07) is -1.52. The molecular weight excluding hydrogens is 350 g/mol. The van der Waals surface area contributed by atoms with E-state index < -0.39 is 24.1 Å². The van der Waals surface area contributed by atoms with Gasteiger partial charge in [-0.2, -0.15) is 5.21 Å². The van der Waals surface area contributed by atoms with Crippen LogP contribution >= 0.6 is 0 Å². The minimum atomic E-state index is -1.52. The molecule has 0 bridgehead atoms. The van der Waals surface area contributed by atoms with Crippen molar-refractivity contribution in [2.24, 2.45) is 17.8 Å². The smallest absolute Gasteiger partial charge is 0.347 e.